The first-order valence-electron chi connectivity index (χ1n) is 3.57. The summed E-state index contributed by atoms with van der Waals surface area (Å²) in [5.41, 5.74) is 0. The predicted molar refractivity (Wildman–Crippen MR) is 42.9 cm³/mol. The lowest BCUT2D eigenvalue weighted by Crippen LogP contribution is -2.29. The first-order valence-corrected chi connectivity index (χ1v) is 4.68. The standard InChI is InChI=1S/C6H15NO2S/c1-3-5-6(4-2)7-10(8)9/h6-7H,3-5H2,1-2H3,(H,8,9). The summed E-state index contributed by atoms with van der Waals surface area (Å²) in [6.45, 7) is 4.06. The number of rotatable bonds is 5. The average Bonchev–Trinajstić information content (AvgIpc) is 1.86. The zero-order valence-corrected chi connectivity index (χ0v) is 7.28. The highest BCUT2D eigenvalue weighted by Gasteiger charge is 2.05. The molecule has 10 heavy (non-hydrogen) atoms. The maximum atomic E-state index is 10.2. The maximum absolute atomic E-state index is 10.2. The Labute approximate surface area is 64.6 Å². The average molecular weight is 165 g/mol. The van der Waals surface area contributed by atoms with Crippen molar-refractivity contribution in [3.05, 3.63) is 0 Å². The molecule has 0 aromatic rings. The number of nitrogens with one attached hydrogen (secondary N) is 1. The Morgan fingerprint density at radius 2 is 2.20 bits per heavy atom. The minimum Gasteiger partial charge on any atom is -0.294 e. The van der Waals surface area contributed by atoms with E-state index in [0.29, 0.717) is 0 Å². The third-order valence-electron chi connectivity index (χ3n) is 1.40. The van der Waals surface area contributed by atoms with Gasteiger partial charge in [0.05, 0.1) is 0 Å². The highest BCUT2D eigenvalue weighted by molar-refractivity contribution is 7.77. The van der Waals surface area contributed by atoms with Crippen molar-refractivity contribution < 1.29 is 8.76 Å². The van der Waals surface area contributed by atoms with Crippen LogP contribution in [-0.2, 0) is 11.3 Å². The number of hydrogen-bond acceptors (Lipinski definition) is 1. The molecule has 0 fully saturated rings. The second kappa shape index (κ2) is 5.82. The molecular weight excluding hydrogens is 150 g/mol. The summed E-state index contributed by atoms with van der Waals surface area (Å²) in [5.74, 6) is 0. The van der Waals surface area contributed by atoms with E-state index in [1.165, 1.54) is 0 Å². The minimum absolute atomic E-state index is 0.191. The summed E-state index contributed by atoms with van der Waals surface area (Å²) < 4.78 is 21.2. The predicted octanol–water partition coefficient (Wildman–Crippen LogP) is 1.29. The molecule has 2 N–H and O–H groups in total. The van der Waals surface area contributed by atoms with Crippen LogP contribution in [0.2, 0.25) is 0 Å². The van der Waals surface area contributed by atoms with Crippen LogP contribution in [0, 0.1) is 0 Å². The molecule has 0 saturated carbocycles. The van der Waals surface area contributed by atoms with Crippen molar-refractivity contribution in [2.45, 2.75) is 39.2 Å². The van der Waals surface area contributed by atoms with Crippen LogP contribution in [0.3, 0.4) is 0 Å². The van der Waals surface area contributed by atoms with Gasteiger partial charge in [0.1, 0.15) is 0 Å². The van der Waals surface area contributed by atoms with Crippen molar-refractivity contribution in [2.75, 3.05) is 0 Å². The van der Waals surface area contributed by atoms with Crippen LogP contribution in [0.15, 0.2) is 0 Å². The fourth-order valence-corrected chi connectivity index (χ4v) is 1.41. The van der Waals surface area contributed by atoms with Crippen LogP contribution in [0.4, 0.5) is 0 Å². The molecular formula is C6H15NO2S. The highest BCUT2D eigenvalue weighted by Crippen LogP contribution is 2.00. The van der Waals surface area contributed by atoms with Gasteiger partial charge in [0.15, 0.2) is 0 Å². The Morgan fingerprint density at radius 3 is 2.50 bits per heavy atom. The molecule has 0 aromatic heterocycles. The summed E-state index contributed by atoms with van der Waals surface area (Å²) >= 11 is -1.85. The Kier molecular flexibility index (Phi) is 5.87. The molecule has 0 heterocycles. The topological polar surface area (TPSA) is 49.3 Å². The Hall–Kier alpha value is 0.0700. The summed E-state index contributed by atoms with van der Waals surface area (Å²) in [6, 6.07) is 0.191. The molecule has 0 aliphatic rings. The lowest BCUT2D eigenvalue weighted by molar-refractivity contribution is 0.495. The Morgan fingerprint density at radius 1 is 1.60 bits per heavy atom. The van der Waals surface area contributed by atoms with Gasteiger partial charge < -0.3 is 0 Å². The van der Waals surface area contributed by atoms with Gasteiger partial charge >= 0.3 is 0 Å². The van der Waals surface area contributed by atoms with Crippen LogP contribution in [-0.4, -0.2) is 14.8 Å². The quantitative estimate of drug-likeness (QED) is 0.603. The SMILES string of the molecule is CCCC(CC)NS(=O)O. The van der Waals surface area contributed by atoms with Crippen LogP contribution >= 0.6 is 0 Å². The summed E-state index contributed by atoms with van der Waals surface area (Å²) in [5, 5.41) is 0. The molecule has 0 radical (unpaired) electrons. The number of hydrogen-bond donors (Lipinski definition) is 2. The van der Waals surface area contributed by atoms with Crippen LogP contribution in [0.1, 0.15) is 33.1 Å². The first-order chi connectivity index (χ1) is 4.70. The molecule has 0 saturated heterocycles. The van der Waals surface area contributed by atoms with Gasteiger partial charge in [-0.3, -0.25) is 4.55 Å². The third-order valence-corrected chi connectivity index (χ3v) is 1.93. The van der Waals surface area contributed by atoms with E-state index in [-0.39, 0.29) is 6.04 Å². The normalized spacial score (nSPS) is 16.7. The van der Waals surface area contributed by atoms with Crippen LogP contribution < -0.4 is 4.72 Å². The van der Waals surface area contributed by atoms with E-state index in [1.54, 1.807) is 0 Å². The van der Waals surface area contributed by atoms with Gasteiger partial charge in [-0.1, -0.05) is 20.3 Å². The van der Waals surface area contributed by atoms with Gasteiger partial charge in [0, 0.05) is 6.04 Å². The molecule has 3 nitrogen and oxygen atoms in total. The highest BCUT2D eigenvalue weighted by atomic mass is 32.2. The van der Waals surface area contributed by atoms with Crippen molar-refractivity contribution in [1.29, 1.82) is 0 Å². The summed E-state index contributed by atoms with van der Waals surface area (Å²) in [6.07, 6.45) is 2.91. The lowest BCUT2D eigenvalue weighted by Gasteiger charge is -2.11. The van der Waals surface area contributed by atoms with E-state index in [9.17, 15) is 4.21 Å². The van der Waals surface area contributed by atoms with Crippen molar-refractivity contribution in [2.24, 2.45) is 0 Å². The van der Waals surface area contributed by atoms with Gasteiger partial charge in [-0.2, -0.15) is 0 Å². The molecule has 0 amide bonds. The van der Waals surface area contributed by atoms with Crippen molar-refractivity contribution in [3.63, 3.8) is 0 Å². The molecule has 0 rings (SSSR count). The molecule has 0 aliphatic heterocycles. The van der Waals surface area contributed by atoms with Gasteiger partial charge in [0.2, 0.25) is 11.3 Å². The molecule has 2 atom stereocenters. The van der Waals surface area contributed by atoms with E-state index in [4.69, 9.17) is 4.55 Å². The summed E-state index contributed by atoms with van der Waals surface area (Å²) in [7, 11) is 0. The van der Waals surface area contributed by atoms with Crippen molar-refractivity contribution in [1.82, 2.24) is 4.72 Å². The van der Waals surface area contributed by atoms with Crippen molar-refractivity contribution in [3.8, 4) is 0 Å². The zero-order valence-electron chi connectivity index (χ0n) is 6.46. The minimum atomic E-state index is -1.85. The fourth-order valence-electron chi connectivity index (χ4n) is 0.837. The van der Waals surface area contributed by atoms with Gasteiger partial charge in [-0.05, 0) is 12.8 Å². The zero-order chi connectivity index (χ0) is 7.98. The Bertz CT molecular complexity index is 108. The van der Waals surface area contributed by atoms with E-state index in [2.05, 4.69) is 11.6 Å². The molecule has 0 spiro atoms. The Balaban J connectivity index is 3.49. The molecule has 62 valence electrons. The molecule has 0 aromatic carbocycles. The van der Waals surface area contributed by atoms with E-state index in [1.807, 2.05) is 6.92 Å². The fraction of sp³-hybridized carbons (Fsp3) is 1.00. The van der Waals surface area contributed by atoms with Gasteiger partial charge in [0.25, 0.3) is 0 Å². The van der Waals surface area contributed by atoms with E-state index < -0.39 is 11.3 Å². The molecule has 0 aliphatic carbocycles. The third kappa shape index (κ3) is 4.90. The molecule has 2 unspecified atom stereocenters. The van der Waals surface area contributed by atoms with Crippen LogP contribution in [0.25, 0.3) is 0 Å². The smallest absolute Gasteiger partial charge is 0.231 e. The van der Waals surface area contributed by atoms with Crippen LogP contribution in [0.5, 0.6) is 0 Å². The summed E-state index contributed by atoms with van der Waals surface area (Å²) in [4.78, 5) is 0. The van der Waals surface area contributed by atoms with E-state index >= 15 is 0 Å². The second-order valence-electron chi connectivity index (χ2n) is 2.26. The first kappa shape index (κ1) is 10.1. The van der Waals surface area contributed by atoms with Crippen molar-refractivity contribution >= 4 is 11.3 Å². The molecule has 0 bridgehead atoms. The largest absolute Gasteiger partial charge is 0.294 e. The lowest BCUT2D eigenvalue weighted by atomic mass is 10.1. The second-order valence-corrected chi connectivity index (χ2v) is 2.99. The maximum Gasteiger partial charge on any atom is 0.231 e. The molecule has 4 heteroatoms. The van der Waals surface area contributed by atoms with Gasteiger partial charge in [-0.25, -0.2) is 8.93 Å². The van der Waals surface area contributed by atoms with E-state index in [0.717, 1.165) is 19.3 Å². The van der Waals surface area contributed by atoms with Gasteiger partial charge in [-0.15, -0.1) is 0 Å². The monoisotopic (exact) mass is 165 g/mol.